The van der Waals surface area contributed by atoms with Crippen molar-refractivity contribution in [3.05, 3.63) is 30.1 Å². The lowest BCUT2D eigenvalue weighted by Gasteiger charge is -2.35. The van der Waals surface area contributed by atoms with Gasteiger partial charge in [-0.1, -0.05) is 19.3 Å². The molecule has 2 heteroatoms. The minimum absolute atomic E-state index is 0.506. The van der Waals surface area contributed by atoms with Crippen molar-refractivity contribution in [2.75, 3.05) is 7.05 Å². The van der Waals surface area contributed by atoms with Gasteiger partial charge in [-0.2, -0.15) is 0 Å². The first-order valence-corrected chi connectivity index (χ1v) is 6.41. The normalized spacial score (nSPS) is 19.9. The topological polar surface area (TPSA) is 16.1 Å². The third-order valence-electron chi connectivity index (χ3n) is 3.95. The molecular weight excluding hydrogens is 196 g/mol. The summed E-state index contributed by atoms with van der Waals surface area (Å²) in [6.07, 6.45) is 10.7. The smallest absolute Gasteiger partial charge is 0.0320 e. The summed E-state index contributed by atoms with van der Waals surface area (Å²) in [6, 6.07) is 5.54. The maximum Gasteiger partial charge on any atom is 0.0320 e. The minimum atomic E-state index is 0.506. The van der Waals surface area contributed by atoms with Crippen LogP contribution in [0.5, 0.6) is 0 Å². The molecule has 0 aliphatic heterocycles. The van der Waals surface area contributed by atoms with Crippen LogP contribution in [0.25, 0.3) is 0 Å². The van der Waals surface area contributed by atoms with Crippen LogP contribution < -0.4 is 0 Å². The van der Waals surface area contributed by atoms with E-state index in [1.165, 1.54) is 37.7 Å². The highest BCUT2D eigenvalue weighted by molar-refractivity contribution is 5.14. The lowest BCUT2D eigenvalue weighted by Crippen LogP contribution is -2.35. The van der Waals surface area contributed by atoms with E-state index in [4.69, 9.17) is 0 Å². The molecular formula is C14H22N2. The van der Waals surface area contributed by atoms with Crippen molar-refractivity contribution in [3.63, 3.8) is 0 Å². The predicted molar refractivity (Wildman–Crippen MR) is 67.3 cm³/mol. The SMILES string of the molecule is CC(c1ccncc1)N(C)C1CCCCC1. The molecule has 1 unspecified atom stereocenters. The van der Waals surface area contributed by atoms with Crippen molar-refractivity contribution in [3.8, 4) is 0 Å². The molecule has 0 saturated heterocycles. The zero-order valence-corrected chi connectivity index (χ0v) is 10.4. The summed E-state index contributed by atoms with van der Waals surface area (Å²) in [5.41, 5.74) is 1.38. The summed E-state index contributed by atoms with van der Waals surface area (Å²) < 4.78 is 0. The van der Waals surface area contributed by atoms with Gasteiger partial charge in [0.25, 0.3) is 0 Å². The Labute approximate surface area is 98.7 Å². The van der Waals surface area contributed by atoms with Crippen LogP contribution >= 0.6 is 0 Å². The zero-order valence-electron chi connectivity index (χ0n) is 10.4. The third kappa shape index (κ3) is 2.62. The van der Waals surface area contributed by atoms with Gasteiger partial charge < -0.3 is 0 Å². The fraction of sp³-hybridized carbons (Fsp3) is 0.643. The molecule has 1 aliphatic rings. The molecule has 2 nitrogen and oxygen atoms in total. The Morgan fingerprint density at radius 3 is 2.44 bits per heavy atom. The lowest BCUT2D eigenvalue weighted by atomic mass is 9.93. The van der Waals surface area contributed by atoms with Crippen molar-refractivity contribution < 1.29 is 0 Å². The van der Waals surface area contributed by atoms with E-state index in [9.17, 15) is 0 Å². The Balaban J connectivity index is 2.00. The highest BCUT2D eigenvalue weighted by Crippen LogP contribution is 2.28. The van der Waals surface area contributed by atoms with Gasteiger partial charge in [0, 0.05) is 24.5 Å². The molecule has 1 aromatic rings. The van der Waals surface area contributed by atoms with Gasteiger partial charge in [-0.05, 0) is 44.5 Å². The average molecular weight is 218 g/mol. The molecule has 1 aliphatic carbocycles. The van der Waals surface area contributed by atoms with Crippen molar-refractivity contribution in [2.24, 2.45) is 0 Å². The van der Waals surface area contributed by atoms with Crippen LogP contribution in [0.3, 0.4) is 0 Å². The second-order valence-corrected chi connectivity index (χ2v) is 4.91. The van der Waals surface area contributed by atoms with Crippen LogP contribution in [0.4, 0.5) is 0 Å². The standard InChI is InChI=1S/C14H22N2/c1-12(13-8-10-15-11-9-13)16(2)14-6-4-3-5-7-14/h8-12,14H,3-7H2,1-2H3. The molecule has 1 fully saturated rings. The van der Waals surface area contributed by atoms with Gasteiger partial charge in [0.05, 0.1) is 0 Å². The van der Waals surface area contributed by atoms with E-state index >= 15 is 0 Å². The van der Waals surface area contributed by atoms with Crippen LogP contribution in [-0.2, 0) is 0 Å². The molecule has 1 heterocycles. The Morgan fingerprint density at radius 1 is 1.19 bits per heavy atom. The number of rotatable bonds is 3. The second kappa shape index (κ2) is 5.44. The van der Waals surface area contributed by atoms with Crippen LogP contribution in [0.1, 0.15) is 50.6 Å². The van der Waals surface area contributed by atoms with Crippen molar-refractivity contribution in [1.29, 1.82) is 0 Å². The number of aromatic nitrogens is 1. The maximum atomic E-state index is 4.08. The maximum absolute atomic E-state index is 4.08. The summed E-state index contributed by atoms with van der Waals surface area (Å²) in [6.45, 7) is 2.30. The van der Waals surface area contributed by atoms with Gasteiger partial charge in [0.1, 0.15) is 0 Å². The fourth-order valence-electron chi connectivity index (χ4n) is 2.68. The number of hydrogen-bond donors (Lipinski definition) is 0. The molecule has 0 amide bonds. The molecule has 16 heavy (non-hydrogen) atoms. The van der Waals surface area contributed by atoms with E-state index in [-0.39, 0.29) is 0 Å². The van der Waals surface area contributed by atoms with E-state index in [1.54, 1.807) is 0 Å². The van der Waals surface area contributed by atoms with Crippen LogP contribution in [0.2, 0.25) is 0 Å². The first-order chi connectivity index (χ1) is 7.79. The molecule has 0 aromatic carbocycles. The summed E-state index contributed by atoms with van der Waals surface area (Å²) in [5, 5.41) is 0. The van der Waals surface area contributed by atoms with Gasteiger partial charge in [-0.3, -0.25) is 9.88 Å². The highest BCUT2D eigenvalue weighted by atomic mass is 15.2. The monoisotopic (exact) mass is 218 g/mol. The first kappa shape index (κ1) is 11.6. The van der Waals surface area contributed by atoms with Crippen molar-refractivity contribution in [1.82, 2.24) is 9.88 Å². The van der Waals surface area contributed by atoms with E-state index in [1.807, 2.05) is 12.4 Å². The number of hydrogen-bond acceptors (Lipinski definition) is 2. The Bertz CT molecular complexity index is 304. The first-order valence-electron chi connectivity index (χ1n) is 6.41. The summed E-state index contributed by atoms with van der Waals surface area (Å²) in [4.78, 5) is 6.62. The minimum Gasteiger partial charge on any atom is -0.297 e. The zero-order chi connectivity index (χ0) is 11.4. The summed E-state index contributed by atoms with van der Waals surface area (Å²) >= 11 is 0. The quantitative estimate of drug-likeness (QED) is 0.773. The molecule has 1 saturated carbocycles. The van der Waals surface area contributed by atoms with Crippen LogP contribution in [0.15, 0.2) is 24.5 Å². The van der Waals surface area contributed by atoms with Crippen molar-refractivity contribution in [2.45, 2.75) is 51.1 Å². The molecule has 88 valence electrons. The third-order valence-corrected chi connectivity index (χ3v) is 3.95. The highest BCUT2D eigenvalue weighted by Gasteiger charge is 2.22. The van der Waals surface area contributed by atoms with E-state index in [0.717, 1.165) is 6.04 Å². The fourth-order valence-corrected chi connectivity index (χ4v) is 2.68. The molecule has 1 aromatic heterocycles. The Kier molecular flexibility index (Phi) is 3.94. The molecule has 2 rings (SSSR count). The van der Waals surface area contributed by atoms with Gasteiger partial charge >= 0.3 is 0 Å². The molecule has 0 radical (unpaired) electrons. The van der Waals surface area contributed by atoms with Gasteiger partial charge in [0.2, 0.25) is 0 Å². The van der Waals surface area contributed by atoms with Crippen LogP contribution in [0, 0.1) is 0 Å². The predicted octanol–water partition coefficient (Wildman–Crippen LogP) is 3.41. The number of pyridine rings is 1. The van der Waals surface area contributed by atoms with Crippen LogP contribution in [-0.4, -0.2) is 23.0 Å². The molecule has 1 atom stereocenters. The molecule has 0 N–H and O–H groups in total. The Morgan fingerprint density at radius 2 is 1.81 bits per heavy atom. The largest absolute Gasteiger partial charge is 0.297 e. The van der Waals surface area contributed by atoms with Crippen molar-refractivity contribution >= 4 is 0 Å². The van der Waals surface area contributed by atoms with Gasteiger partial charge in [-0.25, -0.2) is 0 Å². The summed E-state index contributed by atoms with van der Waals surface area (Å²) in [7, 11) is 2.26. The van der Waals surface area contributed by atoms with E-state index in [2.05, 4.69) is 36.0 Å². The van der Waals surface area contributed by atoms with Gasteiger partial charge in [0.15, 0.2) is 0 Å². The lowest BCUT2D eigenvalue weighted by molar-refractivity contribution is 0.146. The Hall–Kier alpha value is -0.890. The average Bonchev–Trinajstić information content (AvgIpc) is 2.39. The molecule has 0 bridgehead atoms. The van der Waals surface area contributed by atoms with E-state index < -0.39 is 0 Å². The molecule has 0 spiro atoms. The summed E-state index contributed by atoms with van der Waals surface area (Å²) in [5.74, 6) is 0. The number of nitrogens with zero attached hydrogens (tertiary/aromatic N) is 2. The van der Waals surface area contributed by atoms with Gasteiger partial charge in [-0.15, -0.1) is 0 Å². The van der Waals surface area contributed by atoms with E-state index in [0.29, 0.717) is 6.04 Å². The second-order valence-electron chi connectivity index (χ2n) is 4.91.